The van der Waals surface area contributed by atoms with E-state index in [0.29, 0.717) is 11.3 Å². The van der Waals surface area contributed by atoms with Gasteiger partial charge < -0.3 is 9.84 Å². The van der Waals surface area contributed by atoms with Crippen molar-refractivity contribution in [2.45, 2.75) is 18.4 Å². The molecule has 0 radical (unpaired) electrons. The zero-order valence-corrected chi connectivity index (χ0v) is 10.2. The Morgan fingerprint density at radius 2 is 2.25 bits per heavy atom. The molecule has 1 aromatic rings. The second-order valence-electron chi connectivity index (χ2n) is 3.74. The predicted molar refractivity (Wildman–Crippen MR) is 61.4 cm³/mol. The van der Waals surface area contributed by atoms with Crippen molar-refractivity contribution in [1.82, 2.24) is 0 Å². The summed E-state index contributed by atoms with van der Waals surface area (Å²) in [6, 6.07) is 3.42. The summed E-state index contributed by atoms with van der Waals surface area (Å²) in [6.45, 7) is 0. The molecule has 0 aliphatic heterocycles. The molecule has 84 valence electrons. The highest BCUT2D eigenvalue weighted by Gasteiger charge is 2.47. The lowest BCUT2D eigenvalue weighted by Gasteiger charge is -2.13. The number of phenols is 1. The molecule has 0 amide bonds. The number of hydrogen-bond donors (Lipinski definition) is 1. The van der Waals surface area contributed by atoms with Crippen molar-refractivity contribution >= 4 is 22.0 Å². The van der Waals surface area contributed by atoms with E-state index in [1.807, 2.05) is 0 Å². The van der Waals surface area contributed by atoms with E-state index < -0.39 is 5.54 Å². The Kier molecular flexibility index (Phi) is 2.74. The molecule has 4 nitrogen and oxygen atoms in total. The first-order valence-electron chi connectivity index (χ1n) is 4.79. The van der Waals surface area contributed by atoms with Crippen molar-refractivity contribution in [3.8, 4) is 11.5 Å². The first-order valence-corrected chi connectivity index (χ1v) is 5.58. The maximum absolute atomic E-state index is 10.4. The fourth-order valence-electron chi connectivity index (χ4n) is 1.73. The van der Waals surface area contributed by atoms with Crippen LogP contribution < -0.4 is 4.74 Å². The smallest absolute Gasteiger partial charge is 0.235 e. The quantitative estimate of drug-likeness (QED) is 0.685. The van der Waals surface area contributed by atoms with E-state index in [9.17, 15) is 9.90 Å². The molecule has 1 aliphatic carbocycles. The van der Waals surface area contributed by atoms with Gasteiger partial charge in [-0.05, 0) is 25.0 Å². The number of benzene rings is 1. The molecule has 1 aromatic carbocycles. The highest BCUT2D eigenvalue weighted by molar-refractivity contribution is 9.10. The molecular weight excluding hydrogens is 274 g/mol. The molecule has 5 heteroatoms. The zero-order chi connectivity index (χ0) is 11.8. The van der Waals surface area contributed by atoms with Crippen molar-refractivity contribution in [2.75, 3.05) is 7.11 Å². The third kappa shape index (κ3) is 1.72. The Balaban J connectivity index is 2.56. The van der Waals surface area contributed by atoms with Gasteiger partial charge in [-0.3, -0.25) is 0 Å². The molecule has 0 saturated heterocycles. The van der Waals surface area contributed by atoms with Crippen LogP contribution in [0.2, 0.25) is 0 Å². The molecular formula is C11H10BrNO3. The fourth-order valence-corrected chi connectivity index (χ4v) is 2.17. The van der Waals surface area contributed by atoms with Gasteiger partial charge in [-0.2, -0.15) is 4.99 Å². The molecule has 0 heterocycles. The first-order chi connectivity index (χ1) is 7.63. The van der Waals surface area contributed by atoms with E-state index in [1.165, 1.54) is 7.11 Å². The van der Waals surface area contributed by atoms with Gasteiger partial charge in [-0.15, -0.1) is 0 Å². The second-order valence-corrected chi connectivity index (χ2v) is 4.65. The minimum absolute atomic E-state index is 0.0437. The molecule has 1 aliphatic rings. The number of aliphatic imine (C=N–C) groups is 1. The number of nitrogens with zero attached hydrogens (tertiary/aromatic N) is 1. The van der Waals surface area contributed by atoms with Gasteiger partial charge in [-0.25, -0.2) is 4.79 Å². The number of methoxy groups -OCH3 is 1. The lowest BCUT2D eigenvalue weighted by atomic mass is 10.0. The SMILES string of the molecule is COc1cc(Br)cc(C2(N=C=O)CC2)c1O. The molecule has 1 saturated carbocycles. The monoisotopic (exact) mass is 283 g/mol. The van der Waals surface area contributed by atoms with E-state index in [-0.39, 0.29) is 5.75 Å². The lowest BCUT2D eigenvalue weighted by Crippen LogP contribution is -2.03. The van der Waals surface area contributed by atoms with E-state index in [1.54, 1.807) is 18.2 Å². The Morgan fingerprint density at radius 3 is 2.75 bits per heavy atom. The summed E-state index contributed by atoms with van der Waals surface area (Å²) in [6.07, 6.45) is 3.05. The highest BCUT2D eigenvalue weighted by Crippen LogP contribution is 2.54. The number of isocyanates is 1. The van der Waals surface area contributed by atoms with Gasteiger partial charge in [0.2, 0.25) is 6.08 Å². The van der Waals surface area contributed by atoms with Crippen LogP contribution in [0, 0.1) is 0 Å². The van der Waals surface area contributed by atoms with E-state index in [4.69, 9.17) is 4.74 Å². The Bertz CT molecular complexity index is 476. The Hall–Kier alpha value is -1.32. The van der Waals surface area contributed by atoms with Crippen LogP contribution in [-0.2, 0) is 10.3 Å². The third-order valence-electron chi connectivity index (χ3n) is 2.74. The minimum Gasteiger partial charge on any atom is -0.504 e. The number of rotatable bonds is 3. The normalized spacial score (nSPS) is 16.4. The minimum atomic E-state index is -0.594. The van der Waals surface area contributed by atoms with E-state index >= 15 is 0 Å². The number of aromatic hydroxyl groups is 1. The zero-order valence-electron chi connectivity index (χ0n) is 8.66. The van der Waals surface area contributed by atoms with Gasteiger partial charge in [0, 0.05) is 10.0 Å². The van der Waals surface area contributed by atoms with Gasteiger partial charge in [0.05, 0.1) is 7.11 Å². The summed E-state index contributed by atoms with van der Waals surface area (Å²) in [5.41, 5.74) is 0.0187. The highest BCUT2D eigenvalue weighted by atomic mass is 79.9. The molecule has 1 fully saturated rings. The van der Waals surface area contributed by atoms with Gasteiger partial charge in [0.1, 0.15) is 5.54 Å². The molecule has 0 aromatic heterocycles. The Morgan fingerprint density at radius 1 is 1.56 bits per heavy atom. The van der Waals surface area contributed by atoms with Gasteiger partial charge in [0.25, 0.3) is 0 Å². The van der Waals surface area contributed by atoms with Crippen molar-refractivity contribution in [3.05, 3.63) is 22.2 Å². The number of carbonyl (C=O) groups excluding carboxylic acids is 1. The van der Waals surface area contributed by atoms with Crippen LogP contribution in [0.1, 0.15) is 18.4 Å². The topological polar surface area (TPSA) is 58.9 Å². The molecule has 0 spiro atoms. The van der Waals surface area contributed by atoms with Gasteiger partial charge in [-0.1, -0.05) is 15.9 Å². The average Bonchev–Trinajstić information content (AvgIpc) is 3.02. The summed E-state index contributed by atoms with van der Waals surface area (Å²) in [5.74, 6) is 0.416. The average molecular weight is 284 g/mol. The molecule has 1 N–H and O–H groups in total. The van der Waals surface area contributed by atoms with Gasteiger partial charge in [0.15, 0.2) is 11.5 Å². The summed E-state index contributed by atoms with van der Waals surface area (Å²) in [5, 5.41) is 9.98. The molecule has 0 bridgehead atoms. The van der Waals surface area contributed by atoms with Crippen LogP contribution >= 0.6 is 15.9 Å². The van der Waals surface area contributed by atoms with Crippen molar-refractivity contribution < 1.29 is 14.6 Å². The number of phenolic OH excluding ortho intramolecular Hbond substituents is 1. The standard InChI is InChI=1S/C11H10BrNO3/c1-16-9-5-7(12)4-8(10(9)15)11(2-3-11)13-6-14/h4-5,15H,2-3H2,1H3. The predicted octanol–water partition coefficient (Wildman–Crippen LogP) is 2.49. The summed E-state index contributed by atoms with van der Waals surface area (Å²) in [4.78, 5) is 14.1. The number of hydrogen-bond acceptors (Lipinski definition) is 4. The van der Waals surface area contributed by atoms with E-state index in [2.05, 4.69) is 20.9 Å². The van der Waals surface area contributed by atoms with Gasteiger partial charge >= 0.3 is 0 Å². The van der Waals surface area contributed by atoms with Crippen LogP contribution in [0.5, 0.6) is 11.5 Å². The number of ether oxygens (including phenoxy) is 1. The van der Waals surface area contributed by atoms with Crippen molar-refractivity contribution in [3.63, 3.8) is 0 Å². The Labute approximate surface area is 101 Å². The molecule has 16 heavy (non-hydrogen) atoms. The van der Waals surface area contributed by atoms with Crippen LogP contribution in [0.4, 0.5) is 0 Å². The molecule has 0 unspecified atom stereocenters. The fraction of sp³-hybridized carbons (Fsp3) is 0.364. The van der Waals surface area contributed by atoms with Crippen LogP contribution in [0.25, 0.3) is 0 Å². The summed E-state index contributed by atoms with van der Waals surface area (Å²) in [7, 11) is 1.48. The number of halogens is 1. The first kappa shape index (κ1) is 11.2. The molecule has 2 rings (SSSR count). The third-order valence-corrected chi connectivity index (χ3v) is 3.20. The van der Waals surface area contributed by atoms with Crippen molar-refractivity contribution in [2.24, 2.45) is 4.99 Å². The largest absolute Gasteiger partial charge is 0.504 e. The van der Waals surface area contributed by atoms with Crippen LogP contribution in [0.15, 0.2) is 21.6 Å². The van der Waals surface area contributed by atoms with Crippen molar-refractivity contribution in [1.29, 1.82) is 0 Å². The summed E-state index contributed by atoms with van der Waals surface area (Å²) < 4.78 is 5.83. The van der Waals surface area contributed by atoms with E-state index in [0.717, 1.165) is 17.3 Å². The summed E-state index contributed by atoms with van der Waals surface area (Å²) >= 11 is 3.33. The maximum atomic E-state index is 10.4. The molecule has 0 atom stereocenters. The van der Waals surface area contributed by atoms with Crippen LogP contribution in [-0.4, -0.2) is 18.3 Å². The maximum Gasteiger partial charge on any atom is 0.235 e. The lowest BCUT2D eigenvalue weighted by molar-refractivity contribution is 0.367. The second kappa shape index (κ2) is 3.92. The van der Waals surface area contributed by atoms with Crippen LogP contribution in [0.3, 0.4) is 0 Å².